The van der Waals surface area contributed by atoms with Crippen LogP contribution in [0.3, 0.4) is 0 Å². The van der Waals surface area contributed by atoms with E-state index in [4.69, 9.17) is 9.84 Å². The Hall–Kier alpha value is -2.37. The summed E-state index contributed by atoms with van der Waals surface area (Å²) in [5.74, 6) is -7.60. The minimum atomic E-state index is -4.00. The first-order valence-electron chi connectivity index (χ1n) is 8.12. The fourth-order valence-corrected chi connectivity index (χ4v) is 6.08. The first kappa shape index (κ1) is 20.9. The molecule has 1 saturated carbocycles. The molecule has 0 aromatic carbocycles. The van der Waals surface area contributed by atoms with Crippen molar-refractivity contribution < 1.29 is 42.5 Å². The number of hydrogen-bond acceptors (Lipinski definition) is 7. The maximum absolute atomic E-state index is 12.4. The molecule has 2 fully saturated rings. The lowest BCUT2D eigenvalue weighted by atomic mass is 9.93. The Morgan fingerprint density at radius 1 is 1.19 bits per heavy atom. The van der Waals surface area contributed by atoms with E-state index in [1.807, 2.05) is 0 Å². The van der Waals surface area contributed by atoms with Crippen molar-refractivity contribution in [3.05, 3.63) is 0 Å². The van der Waals surface area contributed by atoms with Crippen LogP contribution in [0.4, 0.5) is 4.79 Å². The zero-order chi connectivity index (χ0) is 20.9. The molecule has 27 heavy (non-hydrogen) atoms. The molecular formula is C15H22N2O9S. The van der Waals surface area contributed by atoms with Crippen molar-refractivity contribution in [3.8, 4) is 0 Å². The number of carbonyl (C=O) groups is 4. The highest BCUT2D eigenvalue weighted by Gasteiger charge is 2.79. The summed E-state index contributed by atoms with van der Waals surface area (Å²) in [6, 6.07) is -1.24. The summed E-state index contributed by atoms with van der Waals surface area (Å²) in [6.45, 7) is 6.09. The van der Waals surface area contributed by atoms with E-state index in [0.717, 1.165) is 0 Å². The lowest BCUT2D eigenvalue weighted by molar-refractivity contribution is -0.148. The van der Waals surface area contributed by atoms with Crippen LogP contribution in [0, 0.1) is 11.8 Å². The van der Waals surface area contributed by atoms with Crippen molar-refractivity contribution in [1.82, 2.24) is 10.6 Å². The van der Waals surface area contributed by atoms with Gasteiger partial charge in [-0.3, -0.25) is 9.59 Å². The lowest BCUT2D eigenvalue weighted by Crippen LogP contribution is -2.62. The molecule has 0 bridgehead atoms. The third kappa shape index (κ3) is 3.84. The average Bonchev–Trinajstić information content (AvgIpc) is 3.15. The van der Waals surface area contributed by atoms with E-state index >= 15 is 0 Å². The van der Waals surface area contributed by atoms with Crippen LogP contribution in [0.5, 0.6) is 0 Å². The summed E-state index contributed by atoms with van der Waals surface area (Å²) in [6.07, 6.45) is -0.915. The highest BCUT2D eigenvalue weighted by Crippen LogP contribution is 2.57. The topological polar surface area (TPSA) is 176 Å². The molecule has 0 aromatic rings. The molecule has 2 rings (SSSR count). The molecule has 0 spiro atoms. The minimum absolute atomic E-state index is 0.821. The van der Waals surface area contributed by atoms with Gasteiger partial charge in [0.25, 0.3) is 0 Å². The van der Waals surface area contributed by atoms with Gasteiger partial charge in [-0.15, -0.1) is 0 Å². The van der Waals surface area contributed by atoms with Crippen LogP contribution >= 0.6 is 0 Å². The molecule has 0 aromatic heterocycles. The van der Waals surface area contributed by atoms with E-state index in [1.54, 1.807) is 20.8 Å². The number of aliphatic carboxylic acids is 2. The van der Waals surface area contributed by atoms with Crippen molar-refractivity contribution >= 4 is 33.8 Å². The predicted molar refractivity (Wildman–Crippen MR) is 89.5 cm³/mol. The summed E-state index contributed by atoms with van der Waals surface area (Å²) in [7, 11) is -4.00. The number of sulfone groups is 1. The normalized spacial score (nSPS) is 31.9. The van der Waals surface area contributed by atoms with Crippen LogP contribution in [0.25, 0.3) is 0 Å². The molecule has 2 aliphatic rings. The number of nitrogens with one attached hydrogen (secondary N) is 2. The molecule has 5 atom stereocenters. The van der Waals surface area contributed by atoms with Gasteiger partial charge in [-0.1, -0.05) is 0 Å². The smallest absolute Gasteiger partial charge is 0.408 e. The predicted octanol–water partition coefficient (Wildman–Crippen LogP) is -1.03. The number of carbonyl (C=O) groups excluding carboxylic acids is 2. The molecule has 1 aliphatic heterocycles. The maximum atomic E-state index is 12.4. The molecule has 152 valence electrons. The molecule has 1 aliphatic carbocycles. The van der Waals surface area contributed by atoms with Crippen LogP contribution in [-0.2, 0) is 29.0 Å². The fourth-order valence-electron chi connectivity index (χ4n) is 3.38. The summed E-state index contributed by atoms with van der Waals surface area (Å²) in [5, 5.41) is 21.7. The van der Waals surface area contributed by atoms with Gasteiger partial charge in [0.05, 0.1) is 16.9 Å². The van der Waals surface area contributed by atoms with Crippen molar-refractivity contribution in [2.24, 2.45) is 11.8 Å². The number of alkyl carbamates (subject to hydrolysis) is 1. The molecule has 2 amide bonds. The zero-order valence-electron chi connectivity index (χ0n) is 15.2. The van der Waals surface area contributed by atoms with E-state index in [1.165, 1.54) is 6.92 Å². The first-order chi connectivity index (χ1) is 12.1. The van der Waals surface area contributed by atoms with Crippen LogP contribution < -0.4 is 10.6 Å². The van der Waals surface area contributed by atoms with Gasteiger partial charge in [-0.25, -0.2) is 18.0 Å². The third-order valence-electron chi connectivity index (χ3n) is 4.51. The Kier molecular flexibility index (Phi) is 4.93. The Morgan fingerprint density at radius 3 is 2.15 bits per heavy atom. The maximum Gasteiger partial charge on any atom is 0.408 e. The standard InChI is InChI=1S/C15H22N2O9S/c1-6(16-13(23)26-14(2,3)4)10(18)17-15(12(21)22)5-27(24,25)9-7(8(9)15)11(19)20/h6-9H,5H2,1-4H3,(H,16,23)(H,17,18)(H,19,20)(H,21,22)/t6-,7+,8+,9-,15-/m0/s1. The van der Waals surface area contributed by atoms with Gasteiger partial charge in [0.1, 0.15) is 11.6 Å². The molecule has 0 unspecified atom stereocenters. The lowest BCUT2D eigenvalue weighted by Gasteiger charge is -2.29. The van der Waals surface area contributed by atoms with Crippen molar-refractivity contribution in [1.29, 1.82) is 0 Å². The molecule has 12 heteroatoms. The van der Waals surface area contributed by atoms with Gasteiger partial charge in [0.15, 0.2) is 15.4 Å². The highest BCUT2D eigenvalue weighted by molar-refractivity contribution is 7.92. The summed E-state index contributed by atoms with van der Waals surface area (Å²) >= 11 is 0. The number of rotatable bonds is 5. The molecule has 0 radical (unpaired) electrons. The largest absolute Gasteiger partial charge is 0.481 e. The fraction of sp³-hybridized carbons (Fsp3) is 0.733. The van der Waals surface area contributed by atoms with E-state index < -0.39 is 73.8 Å². The van der Waals surface area contributed by atoms with Crippen LogP contribution in [0.15, 0.2) is 0 Å². The zero-order valence-corrected chi connectivity index (χ0v) is 16.0. The number of hydrogen-bond donors (Lipinski definition) is 4. The molecule has 11 nitrogen and oxygen atoms in total. The highest BCUT2D eigenvalue weighted by atomic mass is 32.2. The first-order valence-corrected chi connectivity index (χ1v) is 9.83. The van der Waals surface area contributed by atoms with Crippen molar-refractivity contribution in [2.45, 2.75) is 50.1 Å². The Morgan fingerprint density at radius 2 is 1.74 bits per heavy atom. The second kappa shape index (κ2) is 6.36. The van der Waals surface area contributed by atoms with E-state index in [0.29, 0.717) is 0 Å². The van der Waals surface area contributed by atoms with Gasteiger partial charge >= 0.3 is 18.0 Å². The monoisotopic (exact) mass is 406 g/mol. The van der Waals surface area contributed by atoms with E-state index in [2.05, 4.69) is 10.6 Å². The molecule has 1 saturated heterocycles. The van der Waals surface area contributed by atoms with Crippen LogP contribution in [0.1, 0.15) is 27.7 Å². The quantitative estimate of drug-likeness (QED) is 0.444. The number of fused-ring (bicyclic) bond motifs is 1. The van der Waals surface area contributed by atoms with E-state index in [9.17, 15) is 32.7 Å². The minimum Gasteiger partial charge on any atom is -0.481 e. The van der Waals surface area contributed by atoms with Crippen LogP contribution in [0.2, 0.25) is 0 Å². The second-order valence-electron chi connectivity index (χ2n) is 7.80. The Bertz CT molecular complexity index is 801. The SMILES string of the molecule is C[C@H](NC(=O)OC(C)(C)C)C(=O)N[C@@]1(C(=O)O)CS(=O)(=O)[C@H]2[C@H](C(=O)O)[C@H]21. The summed E-state index contributed by atoms with van der Waals surface area (Å²) in [4.78, 5) is 47.1. The second-order valence-corrected chi connectivity index (χ2v) is 9.95. The molecular weight excluding hydrogens is 384 g/mol. The number of carboxylic acid groups (broad SMARTS) is 2. The average molecular weight is 406 g/mol. The van der Waals surface area contributed by atoms with Gasteiger partial charge < -0.3 is 25.6 Å². The van der Waals surface area contributed by atoms with Crippen molar-refractivity contribution in [3.63, 3.8) is 0 Å². The Balaban J connectivity index is 2.18. The summed E-state index contributed by atoms with van der Waals surface area (Å²) < 4.78 is 29.3. The third-order valence-corrected chi connectivity index (χ3v) is 6.78. The van der Waals surface area contributed by atoms with Crippen molar-refractivity contribution in [2.75, 3.05) is 5.75 Å². The van der Waals surface area contributed by atoms with Gasteiger partial charge in [-0.2, -0.15) is 0 Å². The van der Waals surface area contributed by atoms with Gasteiger partial charge in [0.2, 0.25) is 5.91 Å². The molecule has 1 heterocycles. The number of ether oxygens (including phenoxy) is 1. The van der Waals surface area contributed by atoms with Gasteiger partial charge in [-0.05, 0) is 27.7 Å². The summed E-state index contributed by atoms with van der Waals surface area (Å²) in [5.41, 5.74) is -3.08. The van der Waals surface area contributed by atoms with E-state index in [-0.39, 0.29) is 0 Å². The Labute approximate surface area is 155 Å². The number of carboxylic acids is 2. The molecule has 4 N–H and O–H groups in total. The van der Waals surface area contributed by atoms with Gasteiger partial charge in [0, 0.05) is 5.92 Å². The number of amides is 2. The van der Waals surface area contributed by atoms with Crippen LogP contribution in [-0.4, -0.2) is 70.8 Å².